The number of likely N-dealkylation sites (tertiary alicyclic amines) is 1. The van der Waals surface area contributed by atoms with Gasteiger partial charge in [0, 0.05) is 26.1 Å². The summed E-state index contributed by atoms with van der Waals surface area (Å²) < 4.78 is 5.15. The molecular weight excluding hydrogens is 312 g/mol. The molecule has 0 atom stereocenters. The third kappa shape index (κ3) is 3.81. The lowest BCUT2D eigenvalue weighted by molar-refractivity contribution is -0.133. The molecule has 1 spiro atoms. The Hall–Kier alpha value is -1.26. The number of nitrogens with one attached hydrogen (secondary N) is 1. The molecule has 2 aliphatic rings. The fourth-order valence-corrected chi connectivity index (χ4v) is 4.01. The molecule has 4 nitrogen and oxygen atoms in total. The van der Waals surface area contributed by atoms with Crippen LogP contribution in [0.3, 0.4) is 0 Å². The highest BCUT2D eigenvalue weighted by Gasteiger charge is 2.37. The standard InChI is InChI=1S/C18H25ClN2O2/c1-23-16-4-2-14(12-15(16)19)3-5-17(22)21-10-7-18(8-11-21)6-9-20-13-18/h2,4,12,20H,3,5-11,13H2,1H3. The van der Waals surface area contributed by atoms with Crippen LogP contribution in [0.1, 0.15) is 31.2 Å². The van der Waals surface area contributed by atoms with Gasteiger partial charge in [0.2, 0.25) is 5.91 Å². The first kappa shape index (κ1) is 16.6. The predicted octanol–water partition coefficient (Wildman–Crippen LogP) is 2.88. The summed E-state index contributed by atoms with van der Waals surface area (Å²) in [6, 6.07) is 5.73. The Balaban J connectivity index is 1.49. The molecule has 0 radical (unpaired) electrons. The first-order chi connectivity index (χ1) is 11.1. The largest absolute Gasteiger partial charge is 0.495 e. The van der Waals surface area contributed by atoms with E-state index >= 15 is 0 Å². The van der Waals surface area contributed by atoms with Crippen LogP contribution in [0.25, 0.3) is 0 Å². The average molecular weight is 337 g/mol. The number of carbonyl (C=O) groups excluding carboxylic acids is 1. The van der Waals surface area contributed by atoms with Gasteiger partial charge in [-0.2, -0.15) is 0 Å². The quantitative estimate of drug-likeness (QED) is 0.919. The topological polar surface area (TPSA) is 41.6 Å². The summed E-state index contributed by atoms with van der Waals surface area (Å²) in [5, 5.41) is 4.06. The van der Waals surface area contributed by atoms with E-state index < -0.39 is 0 Å². The van der Waals surface area contributed by atoms with Gasteiger partial charge in [-0.3, -0.25) is 4.79 Å². The fourth-order valence-electron chi connectivity index (χ4n) is 3.73. The van der Waals surface area contributed by atoms with Crippen molar-refractivity contribution in [1.29, 1.82) is 0 Å². The molecule has 126 valence electrons. The lowest BCUT2D eigenvalue weighted by Crippen LogP contribution is -2.44. The number of nitrogens with zero attached hydrogens (tertiary/aromatic N) is 1. The molecule has 1 aromatic rings. The number of hydrogen-bond acceptors (Lipinski definition) is 3. The highest BCUT2D eigenvalue weighted by Crippen LogP contribution is 2.37. The van der Waals surface area contributed by atoms with Crippen molar-refractivity contribution in [1.82, 2.24) is 10.2 Å². The van der Waals surface area contributed by atoms with Crippen molar-refractivity contribution in [2.45, 2.75) is 32.1 Å². The van der Waals surface area contributed by atoms with E-state index in [2.05, 4.69) is 5.32 Å². The molecular formula is C18H25ClN2O2. The van der Waals surface area contributed by atoms with Crippen molar-refractivity contribution in [2.75, 3.05) is 33.3 Å². The van der Waals surface area contributed by atoms with E-state index in [9.17, 15) is 4.79 Å². The Bertz CT molecular complexity index is 560. The third-order valence-corrected chi connectivity index (χ3v) is 5.65. The minimum atomic E-state index is 0.262. The van der Waals surface area contributed by atoms with Gasteiger partial charge in [0.25, 0.3) is 0 Å². The number of carbonyl (C=O) groups is 1. The van der Waals surface area contributed by atoms with Gasteiger partial charge in [-0.1, -0.05) is 17.7 Å². The summed E-state index contributed by atoms with van der Waals surface area (Å²) in [4.78, 5) is 14.5. The number of rotatable bonds is 4. The van der Waals surface area contributed by atoms with Crippen LogP contribution >= 0.6 is 11.6 Å². The van der Waals surface area contributed by atoms with E-state index in [1.165, 1.54) is 6.42 Å². The van der Waals surface area contributed by atoms with Crippen LogP contribution in [-0.2, 0) is 11.2 Å². The van der Waals surface area contributed by atoms with E-state index in [4.69, 9.17) is 16.3 Å². The highest BCUT2D eigenvalue weighted by atomic mass is 35.5. The molecule has 5 heteroatoms. The highest BCUT2D eigenvalue weighted by molar-refractivity contribution is 6.32. The van der Waals surface area contributed by atoms with E-state index in [1.54, 1.807) is 7.11 Å². The Morgan fingerprint density at radius 1 is 1.35 bits per heavy atom. The number of ether oxygens (including phenoxy) is 1. The van der Waals surface area contributed by atoms with Gasteiger partial charge in [0.1, 0.15) is 5.75 Å². The zero-order valence-corrected chi connectivity index (χ0v) is 14.5. The minimum absolute atomic E-state index is 0.262. The Labute approximate surface area is 143 Å². The second-order valence-electron chi connectivity index (χ2n) is 6.78. The number of hydrogen-bond donors (Lipinski definition) is 1. The van der Waals surface area contributed by atoms with Crippen LogP contribution in [0.5, 0.6) is 5.75 Å². The summed E-state index contributed by atoms with van der Waals surface area (Å²) >= 11 is 6.14. The van der Waals surface area contributed by atoms with Crippen molar-refractivity contribution >= 4 is 17.5 Å². The molecule has 3 rings (SSSR count). The van der Waals surface area contributed by atoms with Crippen molar-refractivity contribution in [3.05, 3.63) is 28.8 Å². The molecule has 2 heterocycles. The molecule has 0 saturated carbocycles. The van der Waals surface area contributed by atoms with E-state index in [0.717, 1.165) is 51.0 Å². The van der Waals surface area contributed by atoms with E-state index in [1.807, 2.05) is 23.1 Å². The zero-order valence-electron chi connectivity index (χ0n) is 13.7. The lowest BCUT2D eigenvalue weighted by Gasteiger charge is -2.39. The first-order valence-electron chi connectivity index (χ1n) is 8.43. The smallest absolute Gasteiger partial charge is 0.222 e. The number of amides is 1. The fraction of sp³-hybridized carbons (Fsp3) is 0.611. The minimum Gasteiger partial charge on any atom is -0.495 e. The van der Waals surface area contributed by atoms with Gasteiger partial charge >= 0.3 is 0 Å². The van der Waals surface area contributed by atoms with Crippen molar-refractivity contribution in [2.24, 2.45) is 5.41 Å². The predicted molar refractivity (Wildman–Crippen MR) is 92.1 cm³/mol. The van der Waals surface area contributed by atoms with E-state index in [0.29, 0.717) is 22.6 Å². The average Bonchev–Trinajstić information content (AvgIpc) is 3.01. The molecule has 2 fully saturated rings. The van der Waals surface area contributed by atoms with Crippen LogP contribution in [0.2, 0.25) is 5.02 Å². The third-order valence-electron chi connectivity index (χ3n) is 5.35. The Morgan fingerprint density at radius 2 is 2.13 bits per heavy atom. The maximum atomic E-state index is 12.4. The summed E-state index contributed by atoms with van der Waals surface area (Å²) in [7, 11) is 1.60. The summed E-state index contributed by atoms with van der Waals surface area (Å²) in [6.07, 6.45) is 4.82. The van der Waals surface area contributed by atoms with Crippen LogP contribution in [0.4, 0.5) is 0 Å². The van der Waals surface area contributed by atoms with Crippen molar-refractivity contribution in [3.8, 4) is 5.75 Å². The molecule has 23 heavy (non-hydrogen) atoms. The lowest BCUT2D eigenvalue weighted by atomic mass is 9.78. The Morgan fingerprint density at radius 3 is 2.74 bits per heavy atom. The number of methoxy groups -OCH3 is 1. The van der Waals surface area contributed by atoms with E-state index in [-0.39, 0.29) is 5.91 Å². The molecule has 2 saturated heterocycles. The molecule has 1 aromatic carbocycles. The monoisotopic (exact) mass is 336 g/mol. The second-order valence-corrected chi connectivity index (χ2v) is 7.18. The van der Waals surface area contributed by atoms with Crippen LogP contribution in [0, 0.1) is 5.41 Å². The summed E-state index contributed by atoms with van der Waals surface area (Å²) in [5.41, 5.74) is 1.54. The van der Waals surface area contributed by atoms with Gasteiger partial charge in [-0.25, -0.2) is 0 Å². The maximum Gasteiger partial charge on any atom is 0.222 e. The first-order valence-corrected chi connectivity index (χ1v) is 8.81. The molecule has 0 aliphatic carbocycles. The van der Waals surface area contributed by atoms with Gasteiger partial charge in [-0.05, 0) is 55.3 Å². The van der Waals surface area contributed by atoms with Crippen LogP contribution in [0.15, 0.2) is 18.2 Å². The zero-order chi connectivity index (χ0) is 16.3. The maximum absolute atomic E-state index is 12.4. The van der Waals surface area contributed by atoms with Crippen molar-refractivity contribution in [3.63, 3.8) is 0 Å². The number of piperidine rings is 1. The molecule has 2 aliphatic heterocycles. The molecule has 0 bridgehead atoms. The Kier molecular flexibility index (Phi) is 5.12. The number of halogens is 1. The molecule has 1 amide bonds. The van der Waals surface area contributed by atoms with Crippen LogP contribution < -0.4 is 10.1 Å². The number of aryl methyl sites for hydroxylation is 1. The van der Waals surface area contributed by atoms with Gasteiger partial charge in [-0.15, -0.1) is 0 Å². The van der Waals surface area contributed by atoms with Crippen molar-refractivity contribution < 1.29 is 9.53 Å². The SMILES string of the molecule is COc1ccc(CCC(=O)N2CCC3(CCNC3)CC2)cc1Cl. The summed E-state index contributed by atoms with van der Waals surface area (Å²) in [6.45, 7) is 4.07. The van der Waals surface area contributed by atoms with Gasteiger partial charge < -0.3 is 15.0 Å². The normalized spacial score (nSPS) is 20.0. The summed E-state index contributed by atoms with van der Waals surface area (Å²) in [5.74, 6) is 0.936. The molecule has 0 aromatic heterocycles. The molecule has 1 N–H and O–H groups in total. The van der Waals surface area contributed by atoms with Gasteiger partial charge in [0.15, 0.2) is 0 Å². The second kappa shape index (κ2) is 7.10. The molecule has 0 unspecified atom stereocenters. The van der Waals surface area contributed by atoms with Gasteiger partial charge in [0.05, 0.1) is 12.1 Å². The van der Waals surface area contributed by atoms with Crippen LogP contribution in [-0.4, -0.2) is 44.1 Å². The number of benzene rings is 1.